The number of piperazine rings is 1. The summed E-state index contributed by atoms with van der Waals surface area (Å²) in [4.78, 5) is 23.2. The molecule has 30 heavy (non-hydrogen) atoms. The van der Waals surface area contributed by atoms with Gasteiger partial charge in [-0.15, -0.1) is 0 Å². The first kappa shape index (κ1) is 20.6. The second-order valence-electron chi connectivity index (χ2n) is 7.51. The number of ketones is 1. The van der Waals surface area contributed by atoms with Crippen molar-refractivity contribution in [1.82, 2.24) is 19.2 Å². The summed E-state index contributed by atoms with van der Waals surface area (Å²) >= 11 is 0. The van der Waals surface area contributed by atoms with E-state index in [9.17, 15) is 13.2 Å². The number of nitrogens with zero attached hydrogens (tertiary/aromatic N) is 4. The fourth-order valence-electron chi connectivity index (χ4n) is 3.63. The van der Waals surface area contributed by atoms with E-state index in [1.54, 1.807) is 12.1 Å². The van der Waals surface area contributed by atoms with Gasteiger partial charge in [-0.3, -0.25) is 9.69 Å². The third kappa shape index (κ3) is 4.12. The molecule has 0 bridgehead atoms. The predicted octanol–water partition coefficient (Wildman–Crippen LogP) is 2.65. The van der Waals surface area contributed by atoms with Crippen molar-refractivity contribution in [2.45, 2.75) is 25.3 Å². The molecule has 2 heterocycles. The van der Waals surface area contributed by atoms with E-state index in [1.165, 1.54) is 23.4 Å². The van der Waals surface area contributed by atoms with Crippen LogP contribution in [0.1, 0.15) is 28.7 Å². The maximum Gasteiger partial charge on any atom is 0.243 e. The Morgan fingerprint density at radius 3 is 2.13 bits per heavy atom. The molecule has 1 aromatic heterocycles. The van der Waals surface area contributed by atoms with Crippen molar-refractivity contribution in [3.63, 3.8) is 0 Å². The Morgan fingerprint density at radius 1 is 0.933 bits per heavy atom. The minimum absolute atomic E-state index is 0.0837. The van der Waals surface area contributed by atoms with E-state index in [2.05, 4.69) is 9.88 Å². The Bertz CT molecular complexity index is 1180. The average Bonchev–Trinajstić information content (AvgIpc) is 2.75. The molecule has 2 aromatic carbocycles. The number of hydrogen-bond donors (Lipinski definition) is 0. The van der Waals surface area contributed by atoms with Crippen LogP contribution in [0.4, 0.5) is 0 Å². The molecule has 1 aliphatic rings. The van der Waals surface area contributed by atoms with Crippen molar-refractivity contribution < 1.29 is 13.2 Å². The van der Waals surface area contributed by atoms with Gasteiger partial charge in [0.2, 0.25) is 10.0 Å². The molecule has 0 amide bonds. The molecule has 0 atom stereocenters. The molecule has 1 saturated heterocycles. The largest absolute Gasteiger partial charge is 0.295 e. The molecule has 0 radical (unpaired) electrons. The number of Topliss-reactive ketones (excluding diaryl/α,β-unsaturated/α-hetero) is 1. The lowest BCUT2D eigenvalue weighted by Gasteiger charge is -2.34. The lowest BCUT2D eigenvalue weighted by Crippen LogP contribution is -2.48. The molecule has 0 saturated carbocycles. The van der Waals surface area contributed by atoms with Crippen LogP contribution in [-0.4, -0.2) is 59.6 Å². The average molecular weight is 425 g/mol. The third-order valence-corrected chi connectivity index (χ3v) is 7.36. The van der Waals surface area contributed by atoms with E-state index in [-0.39, 0.29) is 10.7 Å². The SMILES string of the molecule is CC(=O)c1ccc(S(=O)(=O)N2CCN(Cc3nc4ccccc4nc3C)CC2)cc1. The van der Waals surface area contributed by atoms with Crippen molar-refractivity contribution in [1.29, 1.82) is 0 Å². The van der Waals surface area contributed by atoms with Gasteiger partial charge in [-0.1, -0.05) is 24.3 Å². The Morgan fingerprint density at radius 2 is 1.53 bits per heavy atom. The van der Waals surface area contributed by atoms with Crippen LogP contribution < -0.4 is 0 Å². The van der Waals surface area contributed by atoms with Crippen LogP contribution in [0, 0.1) is 6.92 Å². The van der Waals surface area contributed by atoms with Gasteiger partial charge in [0.15, 0.2) is 5.78 Å². The smallest absolute Gasteiger partial charge is 0.243 e. The molecule has 3 aromatic rings. The summed E-state index contributed by atoms with van der Waals surface area (Å²) in [6.45, 7) is 6.14. The summed E-state index contributed by atoms with van der Waals surface area (Å²) in [5.74, 6) is -0.0837. The van der Waals surface area contributed by atoms with Crippen LogP contribution in [-0.2, 0) is 16.6 Å². The van der Waals surface area contributed by atoms with E-state index in [1.807, 2.05) is 31.2 Å². The predicted molar refractivity (Wildman–Crippen MR) is 115 cm³/mol. The van der Waals surface area contributed by atoms with Gasteiger partial charge in [-0.25, -0.2) is 18.4 Å². The van der Waals surface area contributed by atoms with Crippen molar-refractivity contribution in [3.8, 4) is 0 Å². The molecule has 0 unspecified atom stereocenters. The highest BCUT2D eigenvalue weighted by Gasteiger charge is 2.29. The number of carbonyl (C=O) groups is 1. The zero-order valence-electron chi connectivity index (χ0n) is 17.1. The molecule has 156 valence electrons. The van der Waals surface area contributed by atoms with Gasteiger partial charge in [0.05, 0.1) is 27.3 Å². The van der Waals surface area contributed by atoms with Gasteiger partial charge in [0.25, 0.3) is 0 Å². The summed E-state index contributed by atoms with van der Waals surface area (Å²) in [7, 11) is -3.57. The molecular formula is C22H24N4O3S. The number of fused-ring (bicyclic) bond motifs is 1. The second-order valence-corrected chi connectivity index (χ2v) is 9.44. The van der Waals surface area contributed by atoms with Crippen LogP contribution in [0.2, 0.25) is 0 Å². The monoisotopic (exact) mass is 424 g/mol. The van der Waals surface area contributed by atoms with E-state index in [4.69, 9.17) is 4.98 Å². The fourth-order valence-corrected chi connectivity index (χ4v) is 5.05. The topological polar surface area (TPSA) is 83.5 Å². The Kier molecular flexibility index (Phi) is 5.64. The highest BCUT2D eigenvalue weighted by atomic mass is 32.2. The summed E-state index contributed by atoms with van der Waals surface area (Å²) in [6, 6.07) is 13.9. The maximum atomic E-state index is 12.9. The van der Waals surface area contributed by atoms with Crippen molar-refractivity contribution >= 4 is 26.8 Å². The normalized spacial score (nSPS) is 16.1. The fraction of sp³-hybridized carbons (Fsp3) is 0.318. The van der Waals surface area contributed by atoms with Crippen LogP contribution in [0.3, 0.4) is 0 Å². The Labute approximate surface area is 176 Å². The highest BCUT2D eigenvalue weighted by molar-refractivity contribution is 7.89. The second kappa shape index (κ2) is 8.22. The summed E-state index contributed by atoms with van der Waals surface area (Å²) in [5, 5.41) is 0. The molecular weight excluding hydrogens is 400 g/mol. The van der Waals surface area contributed by atoms with Gasteiger partial charge in [-0.2, -0.15) is 4.31 Å². The minimum Gasteiger partial charge on any atom is -0.295 e. The molecule has 4 rings (SSSR count). The summed E-state index contributed by atoms with van der Waals surface area (Å²) < 4.78 is 27.4. The standard InChI is InChI=1S/C22H24N4O3S/c1-16-22(24-21-6-4-3-5-20(21)23-16)15-25-11-13-26(14-12-25)30(28,29)19-9-7-18(8-10-19)17(2)27/h3-10H,11-15H2,1-2H3. The van der Waals surface area contributed by atoms with Crippen molar-refractivity contribution in [2.24, 2.45) is 0 Å². The molecule has 0 aliphatic carbocycles. The first-order valence-electron chi connectivity index (χ1n) is 9.90. The van der Waals surface area contributed by atoms with Crippen molar-refractivity contribution in [2.75, 3.05) is 26.2 Å². The van der Waals surface area contributed by atoms with Gasteiger partial charge in [0, 0.05) is 38.3 Å². The Balaban J connectivity index is 1.43. The quantitative estimate of drug-likeness (QED) is 0.586. The van der Waals surface area contributed by atoms with Gasteiger partial charge < -0.3 is 0 Å². The lowest BCUT2D eigenvalue weighted by atomic mass is 10.2. The summed E-state index contributed by atoms with van der Waals surface area (Å²) in [5.41, 5.74) is 4.07. The highest BCUT2D eigenvalue weighted by Crippen LogP contribution is 2.20. The zero-order chi connectivity index (χ0) is 21.3. The first-order valence-corrected chi connectivity index (χ1v) is 11.3. The van der Waals surface area contributed by atoms with Crippen molar-refractivity contribution in [3.05, 3.63) is 65.5 Å². The Hall–Kier alpha value is -2.68. The van der Waals surface area contributed by atoms with E-state index in [0.29, 0.717) is 38.3 Å². The molecule has 0 spiro atoms. The van der Waals surface area contributed by atoms with Crippen LogP contribution in [0.5, 0.6) is 0 Å². The molecule has 1 fully saturated rings. The van der Waals surface area contributed by atoms with Crippen LogP contribution in [0.25, 0.3) is 11.0 Å². The molecule has 8 heteroatoms. The first-order chi connectivity index (χ1) is 14.3. The number of hydrogen-bond acceptors (Lipinski definition) is 6. The molecule has 1 aliphatic heterocycles. The van der Waals surface area contributed by atoms with Gasteiger partial charge in [-0.05, 0) is 38.1 Å². The number of aromatic nitrogens is 2. The van der Waals surface area contributed by atoms with Gasteiger partial charge in [0.1, 0.15) is 0 Å². The minimum atomic E-state index is -3.57. The van der Waals surface area contributed by atoms with E-state index >= 15 is 0 Å². The van der Waals surface area contributed by atoms with E-state index < -0.39 is 10.0 Å². The number of carbonyl (C=O) groups excluding carboxylic acids is 1. The van der Waals surface area contributed by atoms with Gasteiger partial charge >= 0.3 is 0 Å². The number of rotatable bonds is 5. The van der Waals surface area contributed by atoms with E-state index in [0.717, 1.165) is 22.4 Å². The zero-order valence-corrected chi connectivity index (χ0v) is 17.9. The number of aryl methyl sites for hydroxylation is 1. The summed E-state index contributed by atoms with van der Waals surface area (Å²) in [6.07, 6.45) is 0. The number of para-hydroxylation sites is 2. The number of sulfonamides is 1. The lowest BCUT2D eigenvalue weighted by molar-refractivity contribution is 0.101. The number of benzene rings is 2. The molecule has 7 nitrogen and oxygen atoms in total. The molecule has 0 N–H and O–H groups in total. The third-order valence-electron chi connectivity index (χ3n) is 5.45. The van der Waals surface area contributed by atoms with Crippen LogP contribution in [0.15, 0.2) is 53.4 Å². The van der Waals surface area contributed by atoms with Crippen LogP contribution >= 0.6 is 0 Å². The maximum absolute atomic E-state index is 12.9.